The van der Waals surface area contributed by atoms with Crippen LogP contribution in [-0.4, -0.2) is 29.2 Å². The molecule has 2 heterocycles. The van der Waals surface area contributed by atoms with Gasteiger partial charge >= 0.3 is 0 Å². The van der Waals surface area contributed by atoms with Gasteiger partial charge in [-0.2, -0.15) is 0 Å². The highest BCUT2D eigenvalue weighted by atomic mass is 35.5. The topological polar surface area (TPSA) is 125 Å². The van der Waals surface area contributed by atoms with Crippen molar-refractivity contribution in [2.24, 2.45) is 0 Å². The fourth-order valence-corrected chi connectivity index (χ4v) is 3.48. The average molecular weight is 428 g/mol. The van der Waals surface area contributed by atoms with E-state index in [0.29, 0.717) is 52.4 Å². The molecule has 5 N–H and O–H groups in total. The number of fused-ring (bicyclic) bond motifs is 2. The Hall–Kier alpha value is -3.26. The number of ether oxygens (including phenoxy) is 2. The van der Waals surface area contributed by atoms with Crippen LogP contribution in [0.1, 0.15) is 41.6 Å². The fourth-order valence-electron chi connectivity index (χ4n) is 3.33. The summed E-state index contributed by atoms with van der Waals surface area (Å²) in [6.45, 7) is 2.80. The Morgan fingerprint density at radius 1 is 1.20 bits per heavy atom. The van der Waals surface area contributed by atoms with Crippen molar-refractivity contribution >= 4 is 39.8 Å². The van der Waals surface area contributed by atoms with Gasteiger partial charge < -0.3 is 26.3 Å². The Balaban J connectivity index is 1.78. The molecule has 1 aromatic heterocycles. The third kappa shape index (κ3) is 3.78. The first-order chi connectivity index (χ1) is 14.5. The van der Waals surface area contributed by atoms with E-state index in [4.69, 9.17) is 32.5 Å². The van der Waals surface area contributed by atoms with Crippen LogP contribution in [0.15, 0.2) is 24.3 Å². The van der Waals surface area contributed by atoms with Crippen molar-refractivity contribution in [3.05, 3.63) is 46.4 Å². The lowest BCUT2D eigenvalue weighted by atomic mass is 10.0. The second-order valence-corrected chi connectivity index (χ2v) is 7.43. The Bertz CT molecular complexity index is 1140. The number of nitrogen functional groups attached to an aromatic ring is 2. The highest BCUT2D eigenvalue weighted by Crippen LogP contribution is 2.37. The lowest BCUT2D eigenvalue weighted by Gasteiger charge is -2.13. The summed E-state index contributed by atoms with van der Waals surface area (Å²) in [4.78, 5) is 21.5. The molecule has 30 heavy (non-hydrogen) atoms. The Morgan fingerprint density at radius 2 is 2.00 bits per heavy atom. The van der Waals surface area contributed by atoms with Crippen LogP contribution < -0.4 is 26.3 Å². The molecule has 1 aliphatic heterocycles. The predicted molar refractivity (Wildman–Crippen MR) is 116 cm³/mol. The highest BCUT2D eigenvalue weighted by molar-refractivity contribution is 6.37. The normalized spacial score (nSPS) is 12.3. The number of carbonyl (C=O) groups excluding carboxylic acids is 1. The van der Waals surface area contributed by atoms with Gasteiger partial charge in [-0.05, 0) is 30.2 Å². The zero-order chi connectivity index (χ0) is 21.3. The summed E-state index contributed by atoms with van der Waals surface area (Å²) in [5, 5.41) is 3.67. The van der Waals surface area contributed by atoms with E-state index in [0.717, 1.165) is 18.4 Å². The molecule has 0 fully saturated rings. The molecule has 8 nitrogen and oxygen atoms in total. The van der Waals surface area contributed by atoms with Gasteiger partial charge in [0, 0.05) is 18.4 Å². The maximum atomic E-state index is 12.6. The predicted octanol–water partition coefficient (Wildman–Crippen LogP) is 3.30. The van der Waals surface area contributed by atoms with Gasteiger partial charge in [-0.3, -0.25) is 4.79 Å². The van der Waals surface area contributed by atoms with Gasteiger partial charge in [-0.15, -0.1) is 0 Å². The number of carbonyl (C=O) groups is 1. The number of nitrogens with one attached hydrogen (secondary N) is 1. The molecule has 1 aliphatic rings. The number of hydrogen-bond acceptors (Lipinski definition) is 7. The lowest BCUT2D eigenvalue weighted by molar-refractivity contribution is 0.0943. The van der Waals surface area contributed by atoms with E-state index in [9.17, 15) is 4.79 Å². The van der Waals surface area contributed by atoms with Gasteiger partial charge in [0.15, 0.2) is 11.5 Å². The largest absolute Gasteiger partial charge is 0.454 e. The molecule has 0 unspecified atom stereocenters. The standard InChI is InChI=1S/C21H22ClN5O3/c1-2-3-6-25-21(28)20-26-13(7-11-4-5-15-16(8-11)30-10-29-15)17-14(27-20)9-12(23)18(22)19(17)24/h4-5,8-9H,2-3,6-7,10,23-24H2,1H3,(H,25,28). The Labute approximate surface area is 178 Å². The van der Waals surface area contributed by atoms with E-state index in [1.807, 2.05) is 18.2 Å². The fraction of sp³-hybridized carbons (Fsp3) is 0.286. The minimum atomic E-state index is -0.343. The third-order valence-electron chi connectivity index (χ3n) is 4.89. The summed E-state index contributed by atoms with van der Waals surface area (Å²) >= 11 is 6.27. The lowest BCUT2D eigenvalue weighted by Crippen LogP contribution is -2.27. The number of aromatic nitrogens is 2. The van der Waals surface area contributed by atoms with Gasteiger partial charge in [-0.25, -0.2) is 9.97 Å². The number of nitrogens with two attached hydrogens (primary N) is 2. The molecule has 0 bridgehead atoms. The van der Waals surface area contributed by atoms with E-state index in [2.05, 4.69) is 22.2 Å². The molecule has 0 atom stereocenters. The molecule has 4 rings (SSSR count). The molecule has 2 aromatic carbocycles. The minimum absolute atomic E-state index is 0.0652. The number of amides is 1. The van der Waals surface area contributed by atoms with Gasteiger partial charge in [0.05, 0.1) is 27.6 Å². The highest BCUT2D eigenvalue weighted by Gasteiger charge is 2.20. The Morgan fingerprint density at radius 3 is 2.80 bits per heavy atom. The molecule has 0 radical (unpaired) electrons. The van der Waals surface area contributed by atoms with Crippen molar-refractivity contribution in [1.29, 1.82) is 0 Å². The first-order valence-electron chi connectivity index (χ1n) is 9.68. The van der Waals surface area contributed by atoms with Crippen LogP contribution in [0, 0.1) is 0 Å². The van der Waals surface area contributed by atoms with Crippen LogP contribution in [0.25, 0.3) is 10.9 Å². The van der Waals surface area contributed by atoms with Crippen LogP contribution in [0.3, 0.4) is 0 Å². The molecular weight excluding hydrogens is 406 g/mol. The minimum Gasteiger partial charge on any atom is -0.454 e. The summed E-state index contributed by atoms with van der Waals surface area (Å²) in [6.07, 6.45) is 2.24. The number of hydrogen-bond donors (Lipinski definition) is 3. The molecule has 0 saturated carbocycles. The molecule has 0 saturated heterocycles. The van der Waals surface area contributed by atoms with Crippen LogP contribution in [0.2, 0.25) is 5.02 Å². The number of benzene rings is 2. The van der Waals surface area contributed by atoms with Crippen molar-refractivity contribution < 1.29 is 14.3 Å². The quantitative estimate of drug-likeness (QED) is 0.407. The van der Waals surface area contributed by atoms with Gasteiger partial charge in [0.25, 0.3) is 5.91 Å². The second kappa shape index (κ2) is 8.23. The first kappa shape index (κ1) is 20.0. The summed E-state index contributed by atoms with van der Waals surface area (Å²) in [5.41, 5.74) is 14.8. The Kier molecular flexibility index (Phi) is 5.50. The summed E-state index contributed by atoms with van der Waals surface area (Å²) in [6, 6.07) is 7.25. The zero-order valence-electron chi connectivity index (χ0n) is 16.5. The monoisotopic (exact) mass is 427 g/mol. The van der Waals surface area contributed by atoms with Gasteiger partial charge in [0.2, 0.25) is 12.6 Å². The van der Waals surface area contributed by atoms with E-state index < -0.39 is 0 Å². The van der Waals surface area contributed by atoms with E-state index in [1.165, 1.54) is 0 Å². The van der Waals surface area contributed by atoms with Gasteiger partial charge in [0.1, 0.15) is 0 Å². The van der Waals surface area contributed by atoms with Crippen molar-refractivity contribution in [3.63, 3.8) is 0 Å². The molecular formula is C21H22ClN5O3. The first-order valence-corrected chi connectivity index (χ1v) is 10.1. The second-order valence-electron chi connectivity index (χ2n) is 7.06. The summed E-state index contributed by atoms with van der Waals surface area (Å²) in [7, 11) is 0. The van der Waals surface area contributed by atoms with E-state index in [1.54, 1.807) is 6.07 Å². The molecule has 156 valence electrons. The molecule has 3 aromatic rings. The smallest absolute Gasteiger partial charge is 0.289 e. The molecule has 9 heteroatoms. The number of halogens is 1. The molecule has 0 spiro atoms. The van der Waals surface area contributed by atoms with Crippen molar-refractivity contribution in [2.75, 3.05) is 24.8 Å². The van der Waals surface area contributed by atoms with Crippen LogP contribution in [0.5, 0.6) is 11.5 Å². The van der Waals surface area contributed by atoms with E-state index >= 15 is 0 Å². The van der Waals surface area contributed by atoms with Crippen molar-refractivity contribution in [2.45, 2.75) is 26.2 Å². The van der Waals surface area contributed by atoms with Crippen molar-refractivity contribution in [3.8, 4) is 11.5 Å². The molecule has 1 amide bonds. The average Bonchev–Trinajstić information content (AvgIpc) is 3.19. The van der Waals surface area contributed by atoms with E-state index in [-0.39, 0.29) is 23.5 Å². The van der Waals surface area contributed by atoms with Crippen LogP contribution in [-0.2, 0) is 6.42 Å². The van der Waals surface area contributed by atoms with Crippen LogP contribution >= 0.6 is 11.6 Å². The van der Waals surface area contributed by atoms with Gasteiger partial charge in [-0.1, -0.05) is 31.0 Å². The van der Waals surface area contributed by atoms with Crippen LogP contribution in [0.4, 0.5) is 11.4 Å². The summed E-state index contributed by atoms with van der Waals surface area (Å²) < 4.78 is 10.8. The summed E-state index contributed by atoms with van der Waals surface area (Å²) in [5.74, 6) is 1.08. The maximum Gasteiger partial charge on any atom is 0.289 e. The number of rotatable bonds is 6. The third-order valence-corrected chi connectivity index (χ3v) is 5.31. The molecule has 0 aliphatic carbocycles. The number of unbranched alkanes of at least 4 members (excludes halogenated alkanes) is 1. The van der Waals surface area contributed by atoms with Crippen molar-refractivity contribution in [1.82, 2.24) is 15.3 Å². The number of nitrogens with zero attached hydrogens (tertiary/aromatic N) is 2. The number of anilines is 2. The SMILES string of the molecule is CCCCNC(=O)c1nc(Cc2ccc3c(c2)OCO3)c2c(N)c(Cl)c(N)cc2n1. The maximum absolute atomic E-state index is 12.6. The zero-order valence-corrected chi connectivity index (χ0v) is 17.3.